The normalized spacial score (nSPS) is 14.2. The molecule has 0 fully saturated rings. The zero-order chi connectivity index (χ0) is 13.0. The highest BCUT2D eigenvalue weighted by Gasteiger charge is 2.22. The largest absolute Gasteiger partial charge is 0.493 e. The Hall–Kier alpha value is -1.53. The minimum atomic E-state index is -0.478. The van der Waals surface area contributed by atoms with Gasteiger partial charge in [-0.1, -0.05) is 0 Å². The lowest BCUT2D eigenvalue weighted by Gasteiger charge is -2.16. The van der Waals surface area contributed by atoms with Crippen molar-refractivity contribution in [1.29, 1.82) is 0 Å². The molecule has 1 aromatic rings. The van der Waals surface area contributed by atoms with Gasteiger partial charge in [0, 0.05) is 24.5 Å². The van der Waals surface area contributed by atoms with Crippen LogP contribution in [-0.4, -0.2) is 26.9 Å². The Morgan fingerprint density at radius 2 is 2.17 bits per heavy atom. The SMILES string of the molecule is COc1c(F)cc2c(c1CCON)OCCCO2. The zero-order valence-corrected chi connectivity index (χ0v) is 10.2. The van der Waals surface area contributed by atoms with E-state index in [0.717, 1.165) is 6.42 Å². The Kier molecular flexibility index (Phi) is 4.22. The van der Waals surface area contributed by atoms with Crippen molar-refractivity contribution < 1.29 is 23.4 Å². The number of ether oxygens (including phenoxy) is 3. The molecule has 1 aromatic carbocycles. The third-order valence-corrected chi connectivity index (χ3v) is 2.71. The van der Waals surface area contributed by atoms with Gasteiger partial charge >= 0.3 is 0 Å². The Bertz CT molecular complexity index is 425. The molecule has 1 aliphatic rings. The molecule has 0 radical (unpaired) electrons. The molecule has 0 atom stereocenters. The summed E-state index contributed by atoms with van der Waals surface area (Å²) in [6, 6.07) is 1.28. The van der Waals surface area contributed by atoms with Crippen LogP contribution in [-0.2, 0) is 11.3 Å². The molecule has 0 aromatic heterocycles. The fraction of sp³-hybridized carbons (Fsp3) is 0.500. The second kappa shape index (κ2) is 5.88. The molecule has 0 aliphatic carbocycles. The van der Waals surface area contributed by atoms with Crippen molar-refractivity contribution in [2.75, 3.05) is 26.9 Å². The van der Waals surface area contributed by atoms with Crippen LogP contribution in [0.15, 0.2) is 6.07 Å². The fourth-order valence-electron chi connectivity index (χ4n) is 1.93. The summed E-state index contributed by atoms with van der Waals surface area (Å²) in [6.45, 7) is 1.28. The van der Waals surface area contributed by atoms with Crippen molar-refractivity contribution in [2.24, 2.45) is 5.90 Å². The highest BCUT2D eigenvalue weighted by Crippen LogP contribution is 2.41. The molecule has 0 amide bonds. The van der Waals surface area contributed by atoms with Crippen LogP contribution in [0, 0.1) is 5.82 Å². The van der Waals surface area contributed by atoms with E-state index in [2.05, 4.69) is 4.84 Å². The topological polar surface area (TPSA) is 62.9 Å². The van der Waals surface area contributed by atoms with Crippen LogP contribution >= 0.6 is 0 Å². The highest BCUT2D eigenvalue weighted by molar-refractivity contribution is 5.55. The molecule has 0 saturated heterocycles. The Morgan fingerprint density at radius 3 is 2.89 bits per heavy atom. The van der Waals surface area contributed by atoms with Crippen LogP contribution in [0.1, 0.15) is 12.0 Å². The van der Waals surface area contributed by atoms with E-state index < -0.39 is 5.82 Å². The van der Waals surface area contributed by atoms with Gasteiger partial charge in [0.25, 0.3) is 0 Å². The summed E-state index contributed by atoms with van der Waals surface area (Å²) in [7, 11) is 1.41. The molecule has 0 saturated carbocycles. The summed E-state index contributed by atoms with van der Waals surface area (Å²) in [6.07, 6.45) is 1.15. The fourth-order valence-corrected chi connectivity index (χ4v) is 1.93. The van der Waals surface area contributed by atoms with E-state index in [1.165, 1.54) is 13.2 Å². The molecule has 0 unspecified atom stereocenters. The van der Waals surface area contributed by atoms with E-state index in [1.54, 1.807) is 0 Å². The Morgan fingerprint density at radius 1 is 1.39 bits per heavy atom. The second-order valence-electron chi connectivity index (χ2n) is 3.87. The zero-order valence-electron chi connectivity index (χ0n) is 10.2. The summed E-state index contributed by atoms with van der Waals surface area (Å²) in [4.78, 5) is 4.53. The summed E-state index contributed by atoms with van der Waals surface area (Å²) >= 11 is 0. The van der Waals surface area contributed by atoms with Gasteiger partial charge in [0.05, 0.1) is 26.9 Å². The van der Waals surface area contributed by atoms with Gasteiger partial charge in [-0.2, -0.15) is 0 Å². The van der Waals surface area contributed by atoms with Gasteiger partial charge in [0.2, 0.25) is 0 Å². The minimum absolute atomic E-state index is 0.149. The van der Waals surface area contributed by atoms with Crippen LogP contribution in [0.5, 0.6) is 17.2 Å². The predicted molar refractivity (Wildman–Crippen MR) is 62.4 cm³/mol. The molecule has 18 heavy (non-hydrogen) atoms. The Labute approximate surface area is 105 Å². The third-order valence-electron chi connectivity index (χ3n) is 2.71. The number of rotatable bonds is 4. The Balaban J connectivity index is 2.46. The standard InChI is InChI=1S/C12H16FNO4/c1-15-11-8(3-6-18-14)12-10(7-9(11)13)16-4-2-5-17-12/h7H,2-6,14H2,1H3. The third kappa shape index (κ3) is 2.49. The molecule has 0 spiro atoms. The maximum Gasteiger partial charge on any atom is 0.169 e. The molecule has 2 N–H and O–H groups in total. The van der Waals surface area contributed by atoms with Crippen LogP contribution in [0.25, 0.3) is 0 Å². The first-order valence-corrected chi connectivity index (χ1v) is 5.74. The number of hydrogen-bond acceptors (Lipinski definition) is 5. The average Bonchev–Trinajstić information content (AvgIpc) is 2.60. The van der Waals surface area contributed by atoms with E-state index >= 15 is 0 Å². The van der Waals surface area contributed by atoms with E-state index in [1.807, 2.05) is 0 Å². The van der Waals surface area contributed by atoms with Crippen LogP contribution in [0.2, 0.25) is 0 Å². The number of nitrogens with two attached hydrogens (primary N) is 1. The molecule has 100 valence electrons. The smallest absolute Gasteiger partial charge is 0.169 e. The van der Waals surface area contributed by atoms with E-state index in [0.29, 0.717) is 36.7 Å². The van der Waals surface area contributed by atoms with Crippen molar-refractivity contribution in [3.63, 3.8) is 0 Å². The van der Waals surface area contributed by atoms with Gasteiger partial charge in [-0.25, -0.2) is 10.3 Å². The molecule has 1 heterocycles. The van der Waals surface area contributed by atoms with Gasteiger partial charge < -0.3 is 19.0 Å². The maximum absolute atomic E-state index is 13.9. The van der Waals surface area contributed by atoms with Gasteiger partial charge in [-0.3, -0.25) is 0 Å². The first kappa shape index (κ1) is 12.9. The lowest BCUT2D eigenvalue weighted by molar-refractivity contribution is 0.139. The molecule has 0 bridgehead atoms. The number of hydrogen-bond donors (Lipinski definition) is 1. The monoisotopic (exact) mass is 257 g/mol. The van der Waals surface area contributed by atoms with E-state index in [9.17, 15) is 4.39 Å². The average molecular weight is 257 g/mol. The summed E-state index contributed by atoms with van der Waals surface area (Å²) in [5.41, 5.74) is 0.583. The number of benzene rings is 1. The van der Waals surface area contributed by atoms with Gasteiger partial charge in [-0.15, -0.1) is 0 Å². The van der Waals surface area contributed by atoms with Crippen molar-refractivity contribution in [3.8, 4) is 17.2 Å². The van der Waals surface area contributed by atoms with Gasteiger partial charge in [-0.05, 0) is 0 Å². The molecular weight excluding hydrogens is 241 g/mol. The first-order chi connectivity index (χ1) is 8.77. The summed E-state index contributed by atoms with van der Waals surface area (Å²) in [5.74, 6) is 5.59. The summed E-state index contributed by atoms with van der Waals surface area (Å²) in [5, 5.41) is 0. The number of halogens is 1. The maximum atomic E-state index is 13.9. The van der Waals surface area contributed by atoms with Crippen molar-refractivity contribution in [2.45, 2.75) is 12.8 Å². The van der Waals surface area contributed by atoms with Crippen molar-refractivity contribution in [3.05, 3.63) is 17.4 Å². The van der Waals surface area contributed by atoms with Gasteiger partial charge in [0.1, 0.15) is 0 Å². The minimum Gasteiger partial charge on any atom is -0.493 e. The second-order valence-corrected chi connectivity index (χ2v) is 3.87. The van der Waals surface area contributed by atoms with E-state index in [-0.39, 0.29) is 12.4 Å². The molecule has 5 nitrogen and oxygen atoms in total. The number of fused-ring (bicyclic) bond motifs is 1. The molecular formula is C12H16FNO4. The highest BCUT2D eigenvalue weighted by atomic mass is 19.1. The van der Waals surface area contributed by atoms with Crippen LogP contribution in [0.4, 0.5) is 4.39 Å². The molecule has 1 aliphatic heterocycles. The number of methoxy groups -OCH3 is 1. The van der Waals surface area contributed by atoms with Crippen molar-refractivity contribution in [1.82, 2.24) is 0 Å². The first-order valence-electron chi connectivity index (χ1n) is 5.74. The lowest BCUT2D eigenvalue weighted by Crippen LogP contribution is -2.08. The lowest BCUT2D eigenvalue weighted by atomic mass is 10.1. The van der Waals surface area contributed by atoms with E-state index in [4.69, 9.17) is 20.1 Å². The molecule has 2 rings (SSSR count). The van der Waals surface area contributed by atoms with Gasteiger partial charge in [0.15, 0.2) is 23.1 Å². The summed E-state index contributed by atoms with van der Waals surface area (Å²) < 4.78 is 30.0. The van der Waals surface area contributed by atoms with Crippen LogP contribution in [0.3, 0.4) is 0 Å². The quantitative estimate of drug-likeness (QED) is 0.827. The van der Waals surface area contributed by atoms with Crippen LogP contribution < -0.4 is 20.1 Å². The predicted octanol–water partition coefficient (Wildman–Crippen LogP) is 1.43. The van der Waals surface area contributed by atoms with Crippen molar-refractivity contribution >= 4 is 0 Å². The molecule has 6 heteroatoms.